The van der Waals surface area contributed by atoms with Gasteiger partial charge in [0.05, 0.1) is 12.6 Å². The molecule has 1 heterocycles. The van der Waals surface area contributed by atoms with E-state index in [2.05, 4.69) is 10.6 Å². The second kappa shape index (κ2) is 13.8. The highest BCUT2D eigenvalue weighted by molar-refractivity contribution is 5.90. The number of benzene rings is 2. The highest BCUT2D eigenvalue weighted by Gasteiger charge is 2.35. The summed E-state index contributed by atoms with van der Waals surface area (Å²) in [6, 6.07) is 18.3. The van der Waals surface area contributed by atoms with Gasteiger partial charge >= 0.3 is 5.97 Å². The van der Waals surface area contributed by atoms with Crippen LogP contribution in [0.2, 0.25) is 0 Å². The van der Waals surface area contributed by atoms with E-state index < -0.39 is 12.1 Å². The van der Waals surface area contributed by atoms with E-state index in [1.807, 2.05) is 86.3 Å². The van der Waals surface area contributed by atoms with Crippen molar-refractivity contribution in [2.75, 3.05) is 13.1 Å². The van der Waals surface area contributed by atoms with Crippen molar-refractivity contribution in [3.63, 3.8) is 0 Å². The average Bonchev–Trinajstić information content (AvgIpc) is 3.37. The van der Waals surface area contributed by atoms with E-state index in [1.54, 1.807) is 0 Å². The molecule has 1 aliphatic heterocycles. The summed E-state index contributed by atoms with van der Waals surface area (Å²) in [7, 11) is 0. The van der Waals surface area contributed by atoms with Crippen LogP contribution in [0.15, 0.2) is 60.7 Å². The van der Waals surface area contributed by atoms with Gasteiger partial charge < -0.3 is 15.4 Å². The molecule has 2 N–H and O–H groups in total. The number of hydrogen-bond acceptors (Lipinski definition) is 5. The van der Waals surface area contributed by atoms with Crippen LogP contribution in [-0.2, 0) is 25.7 Å². The molecule has 0 bridgehead atoms. The van der Waals surface area contributed by atoms with Gasteiger partial charge in [0.15, 0.2) is 0 Å². The first-order chi connectivity index (χ1) is 17.4. The Hall–Kier alpha value is -3.19. The second-order valence-corrected chi connectivity index (χ2v) is 9.50. The molecule has 0 aliphatic carbocycles. The lowest BCUT2D eigenvalue weighted by atomic mass is 9.97. The van der Waals surface area contributed by atoms with Crippen molar-refractivity contribution in [3.8, 4) is 0 Å². The number of carbonyl (C=O) groups is 3. The largest absolute Gasteiger partial charge is 0.457 e. The monoisotopic (exact) mass is 493 g/mol. The Morgan fingerprint density at radius 2 is 1.67 bits per heavy atom. The number of ether oxygens (including phenoxy) is 1. The van der Waals surface area contributed by atoms with Crippen molar-refractivity contribution in [1.29, 1.82) is 0 Å². The van der Waals surface area contributed by atoms with Gasteiger partial charge in [-0.1, -0.05) is 87.9 Å². The van der Waals surface area contributed by atoms with Gasteiger partial charge in [-0.05, 0) is 42.9 Å². The zero-order valence-corrected chi connectivity index (χ0v) is 21.6. The lowest BCUT2D eigenvalue weighted by molar-refractivity contribution is -0.151. The maximum atomic E-state index is 13.3. The van der Waals surface area contributed by atoms with Crippen LogP contribution in [0.3, 0.4) is 0 Å². The number of esters is 1. The van der Waals surface area contributed by atoms with Crippen LogP contribution in [0.1, 0.15) is 63.7 Å². The summed E-state index contributed by atoms with van der Waals surface area (Å²) in [6.45, 7) is 7.05. The minimum absolute atomic E-state index is 0.0271. The van der Waals surface area contributed by atoms with E-state index in [9.17, 15) is 14.4 Å². The quantitative estimate of drug-likeness (QED) is 0.437. The Labute approximate surface area is 214 Å². The third-order valence-corrected chi connectivity index (χ3v) is 6.92. The minimum atomic E-state index is -0.636. The molecule has 36 heavy (non-hydrogen) atoms. The number of likely N-dealkylation sites (tertiary alicyclic amines) is 1. The second-order valence-electron chi connectivity index (χ2n) is 9.50. The SMILES string of the molecule is CCC(OC(=O)CN1CCC[C@H]1C(=O)N[C@H](C(=O)NCc1ccccc1)C(C)CC)c1ccccc1. The average molecular weight is 494 g/mol. The van der Waals surface area contributed by atoms with Gasteiger partial charge in [0, 0.05) is 6.54 Å². The summed E-state index contributed by atoms with van der Waals surface area (Å²) < 4.78 is 5.75. The topological polar surface area (TPSA) is 87.7 Å². The van der Waals surface area contributed by atoms with Crippen molar-refractivity contribution in [2.24, 2.45) is 5.92 Å². The van der Waals surface area contributed by atoms with Crippen molar-refractivity contribution in [2.45, 2.75) is 71.2 Å². The molecule has 2 aromatic rings. The highest BCUT2D eigenvalue weighted by Crippen LogP contribution is 2.23. The molecule has 2 aromatic carbocycles. The Morgan fingerprint density at radius 1 is 1.00 bits per heavy atom. The molecule has 2 unspecified atom stereocenters. The van der Waals surface area contributed by atoms with Crippen molar-refractivity contribution in [1.82, 2.24) is 15.5 Å². The van der Waals surface area contributed by atoms with Crippen LogP contribution in [0.4, 0.5) is 0 Å². The van der Waals surface area contributed by atoms with Crippen LogP contribution >= 0.6 is 0 Å². The van der Waals surface area contributed by atoms with Crippen LogP contribution in [0.5, 0.6) is 0 Å². The minimum Gasteiger partial charge on any atom is -0.457 e. The van der Waals surface area contributed by atoms with E-state index in [4.69, 9.17) is 4.74 Å². The molecule has 4 atom stereocenters. The smallest absolute Gasteiger partial charge is 0.320 e. The molecular weight excluding hydrogens is 454 g/mol. The van der Waals surface area contributed by atoms with Gasteiger partial charge in [-0.15, -0.1) is 0 Å². The molecule has 0 saturated carbocycles. The third kappa shape index (κ3) is 7.65. The standard InChI is InChI=1S/C29H39N3O4/c1-4-21(3)27(29(35)30-19-22-13-8-6-9-14-22)31-28(34)24-17-12-18-32(24)20-26(33)36-25(5-2)23-15-10-7-11-16-23/h6-11,13-16,21,24-25,27H,4-5,12,17-20H2,1-3H3,(H,30,35)(H,31,34)/t21?,24-,25?,27-/m0/s1. The normalized spacial score (nSPS) is 18.1. The summed E-state index contributed by atoms with van der Waals surface area (Å²) in [4.78, 5) is 40.9. The van der Waals surface area contributed by atoms with Crippen molar-refractivity contribution >= 4 is 17.8 Å². The summed E-state index contributed by atoms with van der Waals surface area (Å²) in [5.74, 6) is -0.778. The van der Waals surface area contributed by atoms with Crippen molar-refractivity contribution < 1.29 is 19.1 Å². The first-order valence-corrected chi connectivity index (χ1v) is 13.0. The van der Waals surface area contributed by atoms with Crippen molar-refractivity contribution in [3.05, 3.63) is 71.8 Å². The number of rotatable bonds is 12. The summed E-state index contributed by atoms with van der Waals surface area (Å²) in [5.41, 5.74) is 1.96. The van der Waals surface area contributed by atoms with E-state index in [-0.39, 0.29) is 36.4 Å². The highest BCUT2D eigenvalue weighted by atomic mass is 16.5. The maximum Gasteiger partial charge on any atom is 0.320 e. The molecule has 1 saturated heterocycles. The molecule has 0 spiro atoms. The first kappa shape index (κ1) is 27.4. The van der Waals surface area contributed by atoms with Gasteiger partial charge in [0.1, 0.15) is 12.1 Å². The molecule has 1 fully saturated rings. The predicted octanol–water partition coefficient (Wildman–Crippen LogP) is 3.99. The zero-order valence-electron chi connectivity index (χ0n) is 21.6. The molecule has 1 aliphatic rings. The van der Waals surface area contributed by atoms with Crippen LogP contribution in [0, 0.1) is 5.92 Å². The third-order valence-electron chi connectivity index (χ3n) is 6.92. The molecule has 0 aromatic heterocycles. The Kier molecular flexibility index (Phi) is 10.5. The number of amides is 2. The van der Waals surface area contributed by atoms with E-state index in [0.717, 1.165) is 24.0 Å². The van der Waals surface area contributed by atoms with Gasteiger partial charge in [-0.25, -0.2) is 0 Å². The number of hydrogen-bond donors (Lipinski definition) is 2. The van der Waals surface area contributed by atoms with Gasteiger partial charge in [-0.3, -0.25) is 19.3 Å². The Bertz CT molecular complexity index is 983. The summed E-state index contributed by atoms with van der Waals surface area (Å²) in [5, 5.41) is 5.94. The number of carbonyl (C=O) groups excluding carboxylic acids is 3. The molecule has 3 rings (SSSR count). The molecule has 0 radical (unpaired) electrons. The number of nitrogens with one attached hydrogen (secondary N) is 2. The zero-order chi connectivity index (χ0) is 25.9. The Morgan fingerprint density at radius 3 is 2.31 bits per heavy atom. The van der Waals surface area contributed by atoms with Gasteiger partial charge in [-0.2, -0.15) is 0 Å². The Balaban J connectivity index is 1.58. The van der Waals surface area contributed by atoms with Crippen LogP contribution in [0.25, 0.3) is 0 Å². The van der Waals surface area contributed by atoms with Gasteiger partial charge in [0.25, 0.3) is 0 Å². The lowest BCUT2D eigenvalue weighted by Gasteiger charge is -2.28. The summed E-state index contributed by atoms with van der Waals surface area (Å²) in [6.07, 6.45) is 2.58. The molecular formula is C29H39N3O4. The molecule has 194 valence electrons. The fourth-order valence-corrected chi connectivity index (χ4v) is 4.58. The predicted molar refractivity (Wildman–Crippen MR) is 140 cm³/mol. The molecule has 2 amide bonds. The molecule has 7 heteroatoms. The fraction of sp³-hybridized carbons (Fsp3) is 0.483. The van der Waals surface area contributed by atoms with Crippen LogP contribution < -0.4 is 10.6 Å². The van der Waals surface area contributed by atoms with E-state index >= 15 is 0 Å². The van der Waals surface area contributed by atoms with Crippen LogP contribution in [-0.4, -0.2) is 47.9 Å². The maximum absolute atomic E-state index is 13.3. The fourth-order valence-electron chi connectivity index (χ4n) is 4.58. The van der Waals surface area contributed by atoms with Gasteiger partial charge in [0.2, 0.25) is 11.8 Å². The number of nitrogens with zero attached hydrogens (tertiary/aromatic N) is 1. The first-order valence-electron chi connectivity index (χ1n) is 13.0. The summed E-state index contributed by atoms with van der Waals surface area (Å²) >= 11 is 0. The van der Waals surface area contributed by atoms with E-state index in [0.29, 0.717) is 25.9 Å². The lowest BCUT2D eigenvalue weighted by Crippen LogP contribution is -2.55. The van der Waals surface area contributed by atoms with E-state index in [1.165, 1.54) is 0 Å². The molecule has 7 nitrogen and oxygen atoms in total.